The molecule has 0 radical (unpaired) electrons. The van der Waals surface area contributed by atoms with Gasteiger partial charge in [-0.15, -0.1) is 11.3 Å². The molecule has 2 atom stereocenters. The molecule has 0 amide bonds. The predicted octanol–water partition coefficient (Wildman–Crippen LogP) is 5.38. The smallest absolute Gasteiger partial charge is 0.0345 e. The third kappa shape index (κ3) is 3.32. The van der Waals surface area contributed by atoms with Crippen LogP contribution in [0.3, 0.4) is 0 Å². The average molecular weight is 301 g/mol. The maximum Gasteiger partial charge on any atom is 0.0345 e. The Morgan fingerprint density at radius 3 is 2.86 bits per heavy atom. The lowest BCUT2D eigenvalue weighted by atomic mass is 9.83. The van der Waals surface area contributed by atoms with Crippen molar-refractivity contribution >= 4 is 21.4 Å². The average Bonchev–Trinajstić information content (AvgIpc) is 2.74. The van der Waals surface area contributed by atoms with Crippen molar-refractivity contribution in [1.82, 2.24) is 0 Å². The number of hydrogen-bond acceptors (Lipinski definition) is 2. The van der Waals surface area contributed by atoms with Gasteiger partial charge in [0.1, 0.15) is 0 Å². The second kappa shape index (κ2) is 6.10. The van der Waals surface area contributed by atoms with Crippen LogP contribution in [0.2, 0.25) is 0 Å². The molecule has 0 saturated heterocycles. The van der Waals surface area contributed by atoms with Crippen molar-refractivity contribution in [3.05, 3.63) is 35.2 Å². The first-order valence-corrected chi connectivity index (χ1v) is 9.19. The molecule has 114 valence electrons. The molecule has 2 N–H and O–H groups in total. The molecule has 3 rings (SSSR count). The lowest BCUT2D eigenvalue weighted by molar-refractivity contribution is 0.322. The quantitative estimate of drug-likeness (QED) is 0.757. The van der Waals surface area contributed by atoms with Gasteiger partial charge >= 0.3 is 0 Å². The van der Waals surface area contributed by atoms with Crippen LogP contribution in [0, 0.1) is 11.8 Å². The third-order valence-electron chi connectivity index (χ3n) is 5.31. The molecule has 0 bridgehead atoms. The molecule has 1 aromatic carbocycles. The first kappa shape index (κ1) is 15.1. The van der Waals surface area contributed by atoms with E-state index < -0.39 is 0 Å². The Morgan fingerprint density at radius 2 is 2.05 bits per heavy atom. The molecule has 1 fully saturated rings. The van der Waals surface area contributed by atoms with Crippen molar-refractivity contribution in [1.29, 1.82) is 0 Å². The van der Waals surface area contributed by atoms with E-state index in [0.717, 1.165) is 18.3 Å². The van der Waals surface area contributed by atoms with Crippen molar-refractivity contribution in [3.8, 4) is 0 Å². The fourth-order valence-corrected chi connectivity index (χ4v) is 4.81. The van der Waals surface area contributed by atoms with Gasteiger partial charge in [-0.2, -0.15) is 0 Å². The summed E-state index contributed by atoms with van der Waals surface area (Å²) >= 11 is 1.86. The van der Waals surface area contributed by atoms with E-state index in [1.165, 1.54) is 47.8 Å². The zero-order valence-corrected chi connectivity index (χ0v) is 14.1. The van der Waals surface area contributed by atoms with Gasteiger partial charge in [-0.1, -0.05) is 44.9 Å². The van der Waals surface area contributed by atoms with Gasteiger partial charge in [0.05, 0.1) is 0 Å². The molecule has 1 heterocycles. The Hall–Kier alpha value is -0.860. The number of hydrogen-bond donors (Lipinski definition) is 1. The molecule has 2 unspecified atom stereocenters. The lowest BCUT2D eigenvalue weighted by Gasteiger charge is -2.28. The summed E-state index contributed by atoms with van der Waals surface area (Å²) in [5.41, 5.74) is 8.28. The molecule has 1 aliphatic rings. The van der Waals surface area contributed by atoms with E-state index in [0.29, 0.717) is 0 Å². The molecule has 1 saturated carbocycles. The van der Waals surface area contributed by atoms with Gasteiger partial charge in [0.25, 0.3) is 0 Å². The van der Waals surface area contributed by atoms with Gasteiger partial charge in [-0.25, -0.2) is 0 Å². The zero-order chi connectivity index (χ0) is 14.9. The summed E-state index contributed by atoms with van der Waals surface area (Å²) < 4.78 is 1.39. The van der Waals surface area contributed by atoms with Crippen LogP contribution in [0.25, 0.3) is 10.1 Å². The second-order valence-electron chi connectivity index (χ2n) is 7.23. The maximum atomic E-state index is 6.81. The number of fused-ring (bicyclic) bond motifs is 1. The van der Waals surface area contributed by atoms with Crippen LogP contribution in [-0.2, 0) is 6.42 Å². The van der Waals surface area contributed by atoms with E-state index in [9.17, 15) is 0 Å². The Balaban J connectivity index is 1.77. The van der Waals surface area contributed by atoms with E-state index in [1.807, 2.05) is 11.3 Å². The summed E-state index contributed by atoms with van der Waals surface area (Å²) in [4.78, 5) is 0. The summed E-state index contributed by atoms with van der Waals surface area (Å²) in [5.74, 6) is 1.67. The van der Waals surface area contributed by atoms with E-state index in [4.69, 9.17) is 5.73 Å². The van der Waals surface area contributed by atoms with Crippen molar-refractivity contribution in [2.24, 2.45) is 17.6 Å². The minimum Gasteiger partial charge on any atom is -0.325 e. The lowest BCUT2D eigenvalue weighted by Crippen LogP contribution is -2.41. The van der Waals surface area contributed by atoms with Crippen LogP contribution in [0.15, 0.2) is 29.6 Å². The summed E-state index contributed by atoms with van der Waals surface area (Å²) in [6.45, 7) is 4.72. The van der Waals surface area contributed by atoms with Crippen molar-refractivity contribution in [2.75, 3.05) is 0 Å². The Morgan fingerprint density at radius 1 is 1.24 bits per heavy atom. The standard InChI is InChI=1S/C19H27NS/c1-14(2)15-6-5-10-19(20,11-9-15)12-16-13-21-18-8-4-3-7-17(16)18/h3-4,7-8,13-15H,5-6,9-12,20H2,1-2H3. The van der Waals surface area contributed by atoms with Gasteiger partial charge in [0.15, 0.2) is 0 Å². The maximum absolute atomic E-state index is 6.81. The molecular formula is C19H27NS. The first-order chi connectivity index (χ1) is 10.1. The van der Waals surface area contributed by atoms with Gasteiger partial charge in [-0.05, 0) is 59.9 Å². The Kier molecular flexibility index (Phi) is 4.37. The van der Waals surface area contributed by atoms with Crippen LogP contribution >= 0.6 is 11.3 Å². The van der Waals surface area contributed by atoms with E-state index in [2.05, 4.69) is 43.5 Å². The van der Waals surface area contributed by atoms with E-state index in [-0.39, 0.29) is 5.54 Å². The fourth-order valence-electron chi connectivity index (χ4n) is 3.85. The summed E-state index contributed by atoms with van der Waals surface area (Å²) in [6.07, 6.45) is 7.36. The highest BCUT2D eigenvalue weighted by Gasteiger charge is 2.31. The normalized spacial score (nSPS) is 27.1. The number of rotatable bonds is 3. The van der Waals surface area contributed by atoms with Gasteiger partial charge in [0, 0.05) is 10.2 Å². The zero-order valence-electron chi connectivity index (χ0n) is 13.3. The SMILES string of the molecule is CC(C)C1CCCC(N)(Cc2csc3ccccc23)CC1. The van der Waals surface area contributed by atoms with Crippen LogP contribution < -0.4 is 5.73 Å². The highest BCUT2D eigenvalue weighted by Crippen LogP contribution is 2.36. The molecule has 1 aliphatic carbocycles. The van der Waals surface area contributed by atoms with Gasteiger partial charge in [-0.3, -0.25) is 0 Å². The summed E-state index contributed by atoms with van der Waals surface area (Å²) in [7, 11) is 0. The number of thiophene rings is 1. The largest absolute Gasteiger partial charge is 0.325 e. The molecule has 0 aliphatic heterocycles. The summed E-state index contributed by atoms with van der Waals surface area (Å²) in [6, 6.07) is 8.73. The molecule has 2 aromatic rings. The second-order valence-corrected chi connectivity index (χ2v) is 8.14. The minimum absolute atomic E-state index is 0.00743. The summed E-state index contributed by atoms with van der Waals surface area (Å²) in [5, 5.41) is 3.74. The van der Waals surface area contributed by atoms with Crippen molar-refractivity contribution < 1.29 is 0 Å². The van der Waals surface area contributed by atoms with Crippen molar-refractivity contribution in [2.45, 2.75) is 57.9 Å². The van der Waals surface area contributed by atoms with Gasteiger partial charge in [0.2, 0.25) is 0 Å². The molecule has 0 spiro atoms. The predicted molar refractivity (Wildman–Crippen MR) is 93.9 cm³/mol. The van der Waals surface area contributed by atoms with Crippen LogP contribution in [0.5, 0.6) is 0 Å². The Labute approximate surface area is 132 Å². The van der Waals surface area contributed by atoms with E-state index >= 15 is 0 Å². The molecule has 1 nitrogen and oxygen atoms in total. The number of nitrogens with two attached hydrogens (primary N) is 1. The van der Waals surface area contributed by atoms with Crippen LogP contribution in [0.1, 0.15) is 51.5 Å². The molecule has 1 aromatic heterocycles. The minimum atomic E-state index is 0.00743. The molecular weight excluding hydrogens is 274 g/mol. The van der Waals surface area contributed by atoms with E-state index in [1.54, 1.807) is 0 Å². The van der Waals surface area contributed by atoms with Crippen LogP contribution in [0.4, 0.5) is 0 Å². The molecule has 2 heteroatoms. The highest BCUT2D eigenvalue weighted by molar-refractivity contribution is 7.17. The van der Waals surface area contributed by atoms with Crippen molar-refractivity contribution in [3.63, 3.8) is 0 Å². The monoisotopic (exact) mass is 301 g/mol. The fraction of sp³-hybridized carbons (Fsp3) is 0.579. The van der Waals surface area contributed by atoms with Crippen LogP contribution in [-0.4, -0.2) is 5.54 Å². The Bertz CT molecular complexity index is 600. The first-order valence-electron chi connectivity index (χ1n) is 8.31. The topological polar surface area (TPSA) is 26.0 Å². The third-order valence-corrected chi connectivity index (χ3v) is 6.32. The highest BCUT2D eigenvalue weighted by atomic mass is 32.1. The van der Waals surface area contributed by atoms with Gasteiger partial charge < -0.3 is 5.73 Å². The molecule has 21 heavy (non-hydrogen) atoms. The number of benzene rings is 1.